The quantitative estimate of drug-likeness (QED) is 0.365. The third kappa shape index (κ3) is 5.55. The second-order valence-electron chi connectivity index (χ2n) is 8.93. The number of pyridine rings is 1. The lowest BCUT2D eigenvalue weighted by molar-refractivity contribution is -0.143. The molecule has 1 fully saturated rings. The van der Waals surface area contributed by atoms with Crippen molar-refractivity contribution in [2.24, 2.45) is 13.0 Å². The van der Waals surface area contributed by atoms with Gasteiger partial charge in [0.25, 0.3) is 0 Å². The Morgan fingerprint density at radius 2 is 2.03 bits per heavy atom. The number of rotatable bonds is 8. The molecule has 0 amide bonds. The molecule has 0 bridgehead atoms. The minimum atomic E-state index is -0.769. The highest BCUT2D eigenvalue weighted by Gasteiger charge is 2.28. The molecule has 37 heavy (non-hydrogen) atoms. The number of aromatic nitrogens is 6. The van der Waals surface area contributed by atoms with Gasteiger partial charge >= 0.3 is 5.97 Å². The van der Waals surface area contributed by atoms with Gasteiger partial charge in [0.05, 0.1) is 41.8 Å². The molecule has 3 aromatic heterocycles. The summed E-state index contributed by atoms with van der Waals surface area (Å²) in [7, 11) is 1.78. The van der Waals surface area contributed by atoms with Gasteiger partial charge in [0.1, 0.15) is 17.3 Å². The van der Waals surface area contributed by atoms with Crippen molar-refractivity contribution in [2.45, 2.75) is 38.3 Å². The smallest absolute Gasteiger partial charge is 0.306 e. The van der Waals surface area contributed by atoms with E-state index < -0.39 is 5.97 Å². The van der Waals surface area contributed by atoms with Crippen molar-refractivity contribution in [1.82, 2.24) is 29.9 Å². The number of hydrogen-bond acceptors (Lipinski definition) is 8. The van der Waals surface area contributed by atoms with Crippen LogP contribution in [0.4, 0.5) is 10.3 Å². The zero-order valence-electron chi connectivity index (χ0n) is 20.2. The highest BCUT2D eigenvalue weighted by Crippen LogP contribution is 2.29. The number of benzene rings is 1. The van der Waals surface area contributed by atoms with Gasteiger partial charge in [-0.3, -0.25) is 9.78 Å². The van der Waals surface area contributed by atoms with Crippen LogP contribution < -0.4 is 10.1 Å². The van der Waals surface area contributed by atoms with Crippen LogP contribution in [0.1, 0.15) is 31.4 Å². The number of ether oxygens (including phenoxy) is 1. The fourth-order valence-corrected chi connectivity index (χ4v) is 4.46. The highest BCUT2D eigenvalue weighted by atomic mass is 19.1. The maximum Gasteiger partial charge on any atom is 0.306 e. The minimum absolute atomic E-state index is 0.140. The largest absolute Gasteiger partial charge is 0.489 e. The first-order valence-corrected chi connectivity index (χ1v) is 12.0. The lowest BCUT2D eigenvalue weighted by Gasteiger charge is -2.27. The van der Waals surface area contributed by atoms with Crippen LogP contribution in [0.25, 0.3) is 22.6 Å². The number of aliphatic carboxylic acids is 1. The van der Waals surface area contributed by atoms with E-state index in [-0.39, 0.29) is 17.8 Å². The van der Waals surface area contributed by atoms with Crippen LogP contribution in [-0.4, -0.2) is 47.1 Å². The van der Waals surface area contributed by atoms with Crippen LogP contribution in [-0.2, 0) is 18.4 Å². The SMILES string of the molecule is Cn1nnc(-c2ccc(O[C@H]3CCC[C@H](C(=O)O)C3)cn2)c1CNc1nccc(-c2ccccc2F)n1. The first kappa shape index (κ1) is 24.3. The molecule has 2 atom stereocenters. The summed E-state index contributed by atoms with van der Waals surface area (Å²) in [4.78, 5) is 24.5. The Balaban J connectivity index is 1.27. The fourth-order valence-electron chi connectivity index (χ4n) is 4.46. The first-order valence-electron chi connectivity index (χ1n) is 12.0. The number of hydrogen-bond donors (Lipinski definition) is 2. The molecule has 2 N–H and O–H groups in total. The van der Waals surface area contributed by atoms with E-state index in [4.69, 9.17) is 4.74 Å². The third-order valence-electron chi connectivity index (χ3n) is 6.42. The number of aryl methyl sites for hydroxylation is 1. The topological polar surface area (TPSA) is 128 Å². The predicted octanol–water partition coefficient (Wildman–Crippen LogP) is 4.11. The second-order valence-corrected chi connectivity index (χ2v) is 8.93. The van der Waals surface area contributed by atoms with E-state index in [2.05, 4.69) is 30.6 Å². The molecule has 1 saturated carbocycles. The van der Waals surface area contributed by atoms with Crippen LogP contribution in [0.2, 0.25) is 0 Å². The highest BCUT2D eigenvalue weighted by molar-refractivity contribution is 5.70. The molecule has 0 unspecified atom stereocenters. The van der Waals surface area contributed by atoms with E-state index >= 15 is 0 Å². The van der Waals surface area contributed by atoms with Crippen molar-refractivity contribution in [3.8, 4) is 28.4 Å². The van der Waals surface area contributed by atoms with Gasteiger partial charge in [0.15, 0.2) is 0 Å². The molecule has 190 valence electrons. The number of nitrogens with one attached hydrogen (secondary N) is 1. The maximum absolute atomic E-state index is 14.2. The van der Waals surface area contributed by atoms with Crippen molar-refractivity contribution in [2.75, 3.05) is 5.32 Å². The van der Waals surface area contributed by atoms with Crippen LogP contribution in [0.3, 0.4) is 0 Å². The van der Waals surface area contributed by atoms with Gasteiger partial charge in [0.2, 0.25) is 5.95 Å². The van der Waals surface area contributed by atoms with Gasteiger partial charge in [-0.1, -0.05) is 17.3 Å². The molecule has 4 aromatic rings. The van der Waals surface area contributed by atoms with Crippen LogP contribution >= 0.6 is 0 Å². The number of nitrogens with zero attached hydrogens (tertiary/aromatic N) is 6. The summed E-state index contributed by atoms with van der Waals surface area (Å²) >= 11 is 0. The zero-order valence-corrected chi connectivity index (χ0v) is 20.2. The van der Waals surface area contributed by atoms with Gasteiger partial charge < -0.3 is 15.2 Å². The second kappa shape index (κ2) is 10.7. The molecule has 0 spiro atoms. The van der Waals surface area contributed by atoms with Crippen molar-refractivity contribution in [3.05, 3.63) is 66.4 Å². The summed E-state index contributed by atoms with van der Waals surface area (Å²) in [6, 6.07) is 11.7. The van der Waals surface area contributed by atoms with Crippen LogP contribution in [0, 0.1) is 11.7 Å². The van der Waals surface area contributed by atoms with Gasteiger partial charge in [-0.2, -0.15) is 0 Å². The predicted molar refractivity (Wildman–Crippen MR) is 133 cm³/mol. The van der Waals surface area contributed by atoms with Crippen molar-refractivity contribution in [1.29, 1.82) is 0 Å². The molecule has 0 saturated heterocycles. The van der Waals surface area contributed by atoms with E-state index in [0.717, 1.165) is 18.5 Å². The van der Waals surface area contributed by atoms with Crippen molar-refractivity contribution in [3.63, 3.8) is 0 Å². The average Bonchev–Trinajstić information content (AvgIpc) is 3.28. The molecule has 3 heterocycles. The molecule has 0 aliphatic heterocycles. The van der Waals surface area contributed by atoms with E-state index in [1.165, 1.54) is 6.07 Å². The summed E-state index contributed by atoms with van der Waals surface area (Å²) in [5.41, 5.74) is 2.84. The standard InChI is InChI=1S/C26H26FN7O3/c1-34-23(15-30-26-28-12-11-21(31-26)19-7-2-3-8-20(19)27)24(32-33-34)22-10-9-18(14-29-22)37-17-6-4-5-16(13-17)25(35)36/h2-3,7-12,14,16-17H,4-6,13,15H2,1H3,(H,35,36)(H,28,30,31)/t16-,17-/m0/s1. The summed E-state index contributed by atoms with van der Waals surface area (Å²) < 4.78 is 21.8. The number of carbonyl (C=O) groups is 1. The average molecular weight is 504 g/mol. The first-order chi connectivity index (χ1) is 18.0. The number of carboxylic acid groups (broad SMARTS) is 1. The zero-order chi connectivity index (χ0) is 25.8. The van der Waals surface area contributed by atoms with Gasteiger partial charge in [0, 0.05) is 18.8 Å². The van der Waals surface area contributed by atoms with Gasteiger partial charge in [-0.05, 0) is 56.0 Å². The molecular weight excluding hydrogens is 477 g/mol. The van der Waals surface area contributed by atoms with E-state index in [9.17, 15) is 14.3 Å². The Hall–Kier alpha value is -4.41. The lowest BCUT2D eigenvalue weighted by atomic mass is 9.87. The number of halogens is 1. The Labute approximate surface area is 212 Å². The molecular formula is C26H26FN7O3. The van der Waals surface area contributed by atoms with Crippen molar-refractivity contribution >= 4 is 11.9 Å². The molecule has 1 aromatic carbocycles. The Morgan fingerprint density at radius 3 is 2.81 bits per heavy atom. The summed E-state index contributed by atoms with van der Waals surface area (Å²) in [6.07, 6.45) is 5.89. The molecule has 11 heteroatoms. The fraction of sp³-hybridized carbons (Fsp3) is 0.308. The normalized spacial score (nSPS) is 17.4. The lowest BCUT2D eigenvalue weighted by Crippen LogP contribution is -2.29. The molecule has 1 aliphatic rings. The Kier molecular flexibility index (Phi) is 7.02. The molecule has 1 aliphatic carbocycles. The van der Waals surface area contributed by atoms with Crippen molar-refractivity contribution < 1.29 is 19.0 Å². The Bertz CT molecular complexity index is 1390. The minimum Gasteiger partial charge on any atom is -0.489 e. The van der Waals surface area contributed by atoms with E-state index in [1.54, 1.807) is 60.5 Å². The third-order valence-corrected chi connectivity index (χ3v) is 6.42. The van der Waals surface area contributed by atoms with Gasteiger partial charge in [-0.15, -0.1) is 5.10 Å². The van der Waals surface area contributed by atoms with Crippen LogP contribution in [0.5, 0.6) is 5.75 Å². The molecule has 10 nitrogen and oxygen atoms in total. The number of carboxylic acids is 1. The summed E-state index contributed by atoms with van der Waals surface area (Å²) in [5, 5.41) is 20.9. The maximum atomic E-state index is 14.2. The monoisotopic (exact) mass is 503 g/mol. The molecule has 0 radical (unpaired) electrons. The van der Waals surface area contributed by atoms with E-state index in [0.29, 0.717) is 53.7 Å². The summed E-state index contributed by atoms with van der Waals surface area (Å²) in [6.45, 7) is 0.318. The number of anilines is 1. The Morgan fingerprint density at radius 1 is 1.16 bits per heavy atom. The molecule has 5 rings (SSSR count). The van der Waals surface area contributed by atoms with Gasteiger partial charge in [-0.25, -0.2) is 19.0 Å². The van der Waals surface area contributed by atoms with E-state index in [1.807, 2.05) is 0 Å². The van der Waals surface area contributed by atoms with Crippen LogP contribution in [0.15, 0.2) is 54.9 Å². The summed E-state index contributed by atoms with van der Waals surface area (Å²) in [5.74, 6) is -0.556.